The lowest BCUT2D eigenvalue weighted by molar-refractivity contribution is -0.150. The zero-order chi connectivity index (χ0) is 16.8. The summed E-state index contributed by atoms with van der Waals surface area (Å²) in [5, 5.41) is 21.3. The molecule has 1 heterocycles. The summed E-state index contributed by atoms with van der Waals surface area (Å²) in [7, 11) is 0. The van der Waals surface area contributed by atoms with E-state index in [0.29, 0.717) is 0 Å². The third-order valence-electron chi connectivity index (χ3n) is 6.27. The largest absolute Gasteiger partial charge is 0.472 e. The van der Waals surface area contributed by atoms with Crippen LogP contribution in [0.15, 0.2) is 41.2 Å². The van der Waals surface area contributed by atoms with Crippen molar-refractivity contribution in [1.29, 1.82) is 0 Å². The van der Waals surface area contributed by atoms with E-state index in [1.165, 1.54) is 0 Å². The highest BCUT2D eigenvalue weighted by Gasteiger charge is 2.58. The van der Waals surface area contributed by atoms with Crippen molar-refractivity contribution in [2.75, 3.05) is 0 Å². The first-order chi connectivity index (χ1) is 10.8. The van der Waals surface area contributed by atoms with E-state index < -0.39 is 12.2 Å². The Labute approximate surface area is 138 Å². The van der Waals surface area contributed by atoms with Crippen LogP contribution < -0.4 is 0 Å². The standard InChI is InChI=1S/C20H28O3/c1-13-15(7-6-14-8-11-23-12-14)20(4)10-5-9-19(2,3)18(20)17(22)16(13)21/h6-8,11-12,15-18,21-22H,1,5,9-10H2,2-4H3. The molecule has 5 unspecified atom stereocenters. The molecule has 0 radical (unpaired) electrons. The molecule has 3 rings (SSSR count). The topological polar surface area (TPSA) is 53.6 Å². The highest BCUT2D eigenvalue weighted by Crippen LogP contribution is 2.61. The molecule has 2 N–H and O–H groups in total. The maximum atomic E-state index is 10.8. The first kappa shape index (κ1) is 16.5. The van der Waals surface area contributed by atoms with Gasteiger partial charge in [0.15, 0.2) is 0 Å². The van der Waals surface area contributed by atoms with Gasteiger partial charge >= 0.3 is 0 Å². The summed E-state index contributed by atoms with van der Waals surface area (Å²) in [6.45, 7) is 10.8. The number of hydrogen-bond donors (Lipinski definition) is 2. The normalized spacial score (nSPS) is 40.3. The van der Waals surface area contributed by atoms with Gasteiger partial charge in [0.2, 0.25) is 0 Å². The van der Waals surface area contributed by atoms with Crippen LogP contribution in [0.2, 0.25) is 0 Å². The second-order valence-corrected chi connectivity index (χ2v) is 8.23. The Morgan fingerprint density at radius 1 is 1.26 bits per heavy atom. The molecule has 0 spiro atoms. The van der Waals surface area contributed by atoms with Gasteiger partial charge in [-0.3, -0.25) is 0 Å². The molecule has 2 aliphatic carbocycles. The molecule has 0 saturated heterocycles. The molecular weight excluding hydrogens is 288 g/mol. The number of allylic oxidation sites excluding steroid dienone is 1. The maximum Gasteiger partial charge on any atom is 0.102 e. The van der Waals surface area contributed by atoms with Crippen molar-refractivity contribution >= 4 is 6.08 Å². The van der Waals surface area contributed by atoms with Crippen LogP contribution in [0.4, 0.5) is 0 Å². The van der Waals surface area contributed by atoms with Crippen molar-refractivity contribution in [2.24, 2.45) is 22.7 Å². The van der Waals surface area contributed by atoms with Gasteiger partial charge < -0.3 is 14.6 Å². The number of hydrogen-bond acceptors (Lipinski definition) is 3. The van der Waals surface area contributed by atoms with Crippen LogP contribution in [-0.4, -0.2) is 22.4 Å². The molecule has 0 amide bonds. The molecule has 3 heteroatoms. The van der Waals surface area contributed by atoms with E-state index in [-0.39, 0.29) is 22.7 Å². The van der Waals surface area contributed by atoms with Gasteiger partial charge in [0, 0.05) is 11.5 Å². The van der Waals surface area contributed by atoms with Crippen LogP contribution >= 0.6 is 0 Å². The quantitative estimate of drug-likeness (QED) is 0.810. The van der Waals surface area contributed by atoms with E-state index in [1.54, 1.807) is 12.5 Å². The predicted molar refractivity (Wildman–Crippen MR) is 91.6 cm³/mol. The number of fused-ring (bicyclic) bond motifs is 1. The zero-order valence-electron chi connectivity index (χ0n) is 14.3. The molecule has 23 heavy (non-hydrogen) atoms. The molecule has 0 bridgehead atoms. The lowest BCUT2D eigenvalue weighted by Gasteiger charge is -2.60. The minimum Gasteiger partial charge on any atom is -0.472 e. The van der Waals surface area contributed by atoms with Crippen molar-refractivity contribution in [3.63, 3.8) is 0 Å². The molecule has 3 nitrogen and oxygen atoms in total. The van der Waals surface area contributed by atoms with Crippen molar-refractivity contribution in [3.8, 4) is 0 Å². The monoisotopic (exact) mass is 316 g/mol. The van der Waals surface area contributed by atoms with E-state index in [9.17, 15) is 10.2 Å². The van der Waals surface area contributed by atoms with Gasteiger partial charge in [-0.25, -0.2) is 0 Å². The van der Waals surface area contributed by atoms with Gasteiger partial charge in [-0.1, -0.05) is 45.9 Å². The highest BCUT2D eigenvalue weighted by molar-refractivity contribution is 5.49. The Balaban J connectivity index is 2.01. The van der Waals surface area contributed by atoms with E-state index in [2.05, 4.69) is 33.4 Å². The molecule has 0 aromatic carbocycles. The number of furan rings is 1. The molecule has 2 aliphatic rings. The van der Waals surface area contributed by atoms with Crippen molar-refractivity contribution in [3.05, 3.63) is 42.4 Å². The van der Waals surface area contributed by atoms with E-state index in [0.717, 1.165) is 30.4 Å². The SMILES string of the molecule is C=C1C(O)C(O)C2C(C)(C)CCCC2(C)C1C=Cc1ccoc1. The Hall–Kier alpha value is -1.32. The van der Waals surface area contributed by atoms with Gasteiger partial charge in [-0.15, -0.1) is 0 Å². The average molecular weight is 316 g/mol. The summed E-state index contributed by atoms with van der Waals surface area (Å²) in [5.41, 5.74) is 1.66. The summed E-state index contributed by atoms with van der Waals surface area (Å²) in [4.78, 5) is 0. The van der Waals surface area contributed by atoms with Crippen LogP contribution in [0.3, 0.4) is 0 Å². The second kappa shape index (κ2) is 5.64. The average Bonchev–Trinajstić information content (AvgIpc) is 2.97. The van der Waals surface area contributed by atoms with Crippen molar-refractivity contribution in [1.82, 2.24) is 0 Å². The van der Waals surface area contributed by atoms with Crippen LogP contribution in [-0.2, 0) is 0 Å². The fourth-order valence-electron chi connectivity index (χ4n) is 5.26. The van der Waals surface area contributed by atoms with Crippen LogP contribution in [0.25, 0.3) is 6.08 Å². The fourth-order valence-corrected chi connectivity index (χ4v) is 5.26. The predicted octanol–water partition coefficient (Wildman–Crippen LogP) is 4.03. The van der Waals surface area contributed by atoms with E-state index >= 15 is 0 Å². The molecule has 5 atom stereocenters. The summed E-state index contributed by atoms with van der Waals surface area (Å²) < 4.78 is 5.12. The Morgan fingerprint density at radius 3 is 2.65 bits per heavy atom. The van der Waals surface area contributed by atoms with Crippen LogP contribution in [0.1, 0.15) is 45.6 Å². The van der Waals surface area contributed by atoms with Gasteiger partial charge in [-0.05, 0) is 41.2 Å². The van der Waals surface area contributed by atoms with Gasteiger partial charge in [0.25, 0.3) is 0 Å². The summed E-state index contributed by atoms with van der Waals surface area (Å²) in [6.07, 6.45) is 9.22. The molecule has 2 fully saturated rings. The van der Waals surface area contributed by atoms with Crippen molar-refractivity contribution < 1.29 is 14.6 Å². The van der Waals surface area contributed by atoms with E-state index in [1.807, 2.05) is 12.1 Å². The maximum absolute atomic E-state index is 10.8. The first-order valence-corrected chi connectivity index (χ1v) is 8.52. The molecule has 126 valence electrons. The van der Waals surface area contributed by atoms with E-state index in [4.69, 9.17) is 4.42 Å². The lowest BCUT2D eigenvalue weighted by atomic mass is 9.46. The number of aliphatic hydroxyl groups excluding tert-OH is 2. The zero-order valence-corrected chi connectivity index (χ0v) is 14.3. The highest BCUT2D eigenvalue weighted by atomic mass is 16.3. The minimum atomic E-state index is -0.857. The van der Waals surface area contributed by atoms with Crippen LogP contribution in [0.5, 0.6) is 0 Å². The summed E-state index contributed by atoms with van der Waals surface area (Å²) >= 11 is 0. The first-order valence-electron chi connectivity index (χ1n) is 8.52. The fraction of sp³-hybridized carbons (Fsp3) is 0.600. The molecule has 2 saturated carbocycles. The van der Waals surface area contributed by atoms with Crippen LogP contribution in [0, 0.1) is 22.7 Å². The van der Waals surface area contributed by atoms with Gasteiger partial charge in [0.1, 0.15) is 6.10 Å². The molecule has 1 aromatic rings. The molecule has 1 aromatic heterocycles. The smallest absolute Gasteiger partial charge is 0.102 e. The summed E-state index contributed by atoms with van der Waals surface area (Å²) in [5.74, 6) is 0.114. The summed E-state index contributed by atoms with van der Waals surface area (Å²) in [6, 6.07) is 1.91. The second-order valence-electron chi connectivity index (χ2n) is 8.23. The van der Waals surface area contributed by atoms with Gasteiger partial charge in [-0.2, -0.15) is 0 Å². The number of aliphatic hydroxyl groups is 2. The Kier molecular flexibility index (Phi) is 4.06. The number of rotatable bonds is 2. The molecular formula is C20H28O3. The lowest BCUT2D eigenvalue weighted by Crippen LogP contribution is -2.59. The Bertz CT molecular complexity index is 598. The third kappa shape index (κ3) is 2.60. The third-order valence-corrected chi connectivity index (χ3v) is 6.27. The molecule has 0 aliphatic heterocycles. The van der Waals surface area contributed by atoms with Gasteiger partial charge in [0.05, 0.1) is 18.6 Å². The minimum absolute atomic E-state index is 0.00975. The van der Waals surface area contributed by atoms with Crippen molar-refractivity contribution in [2.45, 2.75) is 52.2 Å². The Morgan fingerprint density at radius 2 is 2.00 bits per heavy atom.